The molecule has 2 aliphatic rings. The second kappa shape index (κ2) is 5.92. The Morgan fingerprint density at radius 1 is 1.25 bits per heavy atom. The monoisotopic (exact) mass is 342 g/mol. The van der Waals surface area contributed by atoms with Crippen LogP contribution in [0, 0.1) is 5.92 Å². The highest BCUT2D eigenvalue weighted by atomic mass is 79.9. The molecular formula is C15H19BrO4. The van der Waals surface area contributed by atoms with Crippen LogP contribution in [0.2, 0.25) is 0 Å². The Hall–Kier alpha value is -0.780. The lowest BCUT2D eigenvalue weighted by Crippen LogP contribution is -2.23. The van der Waals surface area contributed by atoms with Crippen LogP contribution in [-0.2, 0) is 4.74 Å². The predicted octanol–water partition coefficient (Wildman–Crippen LogP) is 3.07. The highest BCUT2D eigenvalue weighted by Crippen LogP contribution is 2.42. The molecule has 1 saturated heterocycles. The van der Waals surface area contributed by atoms with E-state index in [1.807, 2.05) is 12.1 Å². The average Bonchev–Trinajstić information content (AvgIpc) is 2.94. The van der Waals surface area contributed by atoms with E-state index in [1.165, 1.54) is 0 Å². The Balaban J connectivity index is 1.89. The molecule has 0 amide bonds. The van der Waals surface area contributed by atoms with Crippen LogP contribution < -0.4 is 9.47 Å². The summed E-state index contributed by atoms with van der Waals surface area (Å²) in [4.78, 5) is 0. The number of hydrogen-bond acceptors (Lipinski definition) is 4. The first kappa shape index (κ1) is 14.2. The van der Waals surface area contributed by atoms with E-state index in [9.17, 15) is 5.11 Å². The van der Waals surface area contributed by atoms with E-state index in [1.54, 1.807) is 0 Å². The molecule has 4 nitrogen and oxygen atoms in total. The molecule has 2 aliphatic heterocycles. The number of fused-ring (bicyclic) bond motifs is 1. The summed E-state index contributed by atoms with van der Waals surface area (Å²) in [6, 6.07) is 3.76. The van der Waals surface area contributed by atoms with Gasteiger partial charge < -0.3 is 19.3 Å². The standard InChI is InChI=1S/C15H19BrO4/c1-2-12-9(3-4-18-12)15(17)10-7-13-14(8-11(10)16)20-6-5-19-13/h7-9,12,15,17H,2-6H2,1H3. The van der Waals surface area contributed by atoms with Crippen molar-refractivity contribution in [1.82, 2.24) is 0 Å². The Morgan fingerprint density at radius 2 is 1.95 bits per heavy atom. The second-order valence-electron chi connectivity index (χ2n) is 5.23. The van der Waals surface area contributed by atoms with Crippen molar-refractivity contribution < 1.29 is 19.3 Å². The molecule has 0 spiro atoms. The minimum absolute atomic E-state index is 0.130. The van der Waals surface area contributed by atoms with Crippen LogP contribution in [0.25, 0.3) is 0 Å². The lowest BCUT2D eigenvalue weighted by molar-refractivity contribution is 0.0302. The zero-order valence-corrected chi connectivity index (χ0v) is 13.1. The fraction of sp³-hybridized carbons (Fsp3) is 0.600. The number of hydrogen-bond donors (Lipinski definition) is 1. The summed E-state index contributed by atoms with van der Waals surface area (Å²) in [6.45, 7) is 3.93. The van der Waals surface area contributed by atoms with E-state index in [4.69, 9.17) is 14.2 Å². The predicted molar refractivity (Wildman–Crippen MR) is 78.2 cm³/mol. The largest absolute Gasteiger partial charge is 0.486 e. The molecule has 5 heteroatoms. The molecule has 0 aromatic heterocycles. The van der Waals surface area contributed by atoms with Gasteiger partial charge in [-0.25, -0.2) is 0 Å². The minimum Gasteiger partial charge on any atom is -0.486 e. The van der Waals surface area contributed by atoms with Crippen molar-refractivity contribution in [3.8, 4) is 11.5 Å². The third kappa shape index (κ3) is 2.54. The lowest BCUT2D eigenvalue weighted by Gasteiger charge is -2.26. The SMILES string of the molecule is CCC1OCCC1C(O)c1cc2c(cc1Br)OCCO2. The zero-order chi connectivity index (χ0) is 14.1. The summed E-state index contributed by atoms with van der Waals surface area (Å²) in [6.07, 6.45) is 1.39. The highest BCUT2D eigenvalue weighted by molar-refractivity contribution is 9.10. The molecule has 3 rings (SSSR count). The van der Waals surface area contributed by atoms with Gasteiger partial charge in [0.05, 0.1) is 12.2 Å². The first-order valence-electron chi connectivity index (χ1n) is 7.09. The molecule has 20 heavy (non-hydrogen) atoms. The Morgan fingerprint density at radius 3 is 2.65 bits per heavy atom. The molecule has 1 N–H and O–H groups in total. The van der Waals surface area contributed by atoms with Crippen LogP contribution in [0.1, 0.15) is 31.4 Å². The van der Waals surface area contributed by atoms with E-state index >= 15 is 0 Å². The van der Waals surface area contributed by atoms with Crippen molar-refractivity contribution in [1.29, 1.82) is 0 Å². The van der Waals surface area contributed by atoms with Crippen LogP contribution in [0.4, 0.5) is 0 Å². The van der Waals surface area contributed by atoms with Gasteiger partial charge in [-0.2, -0.15) is 0 Å². The summed E-state index contributed by atoms with van der Waals surface area (Å²) in [5, 5.41) is 10.7. The average molecular weight is 343 g/mol. The van der Waals surface area contributed by atoms with Gasteiger partial charge >= 0.3 is 0 Å². The Bertz CT molecular complexity index is 491. The highest BCUT2D eigenvalue weighted by Gasteiger charge is 2.35. The summed E-state index contributed by atoms with van der Waals surface area (Å²) in [7, 11) is 0. The van der Waals surface area contributed by atoms with Gasteiger partial charge in [-0.3, -0.25) is 0 Å². The molecule has 3 atom stereocenters. The number of ether oxygens (including phenoxy) is 3. The Labute approximate surface area is 127 Å². The molecule has 110 valence electrons. The summed E-state index contributed by atoms with van der Waals surface area (Å²) < 4.78 is 17.7. The maximum Gasteiger partial charge on any atom is 0.162 e. The quantitative estimate of drug-likeness (QED) is 0.916. The number of aliphatic hydroxyl groups is 1. The van der Waals surface area contributed by atoms with Gasteiger partial charge in [0.2, 0.25) is 0 Å². The topological polar surface area (TPSA) is 47.9 Å². The molecule has 2 heterocycles. The summed E-state index contributed by atoms with van der Waals surface area (Å²) >= 11 is 3.53. The third-order valence-corrected chi connectivity index (χ3v) is 4.74. The van der Waals surface area contributed by atoms with Gasteiger partial charge in [0.25, 0.3) is 0 Å². The molecular weight excluding hydrogens is 324 g/mol. The van der Waals surface area contributed by atoms with E-state index in [2.05, 4.69) is 22.9 Å². The fourth-order valence-corrected chi connectivity index (χ4v) is 3.54. The normalized spacial score (nSPS) is 26.6. The fourth-order valence-electron chi connectivity index (χ4n) is 2.98. The first-order chi connectivity index (χ1) is 9.70. The number of rotatable bonds is 3. The van der Waals surface area contributed by atoms with E-state index in [0.29, 0.717) is 19.0 Å². The Kier molecular flexibility index (Phi) is 4.19. The molecule has 3 unspecified atom stereocenters. The van der Waals surface area contributed by atoms with Gasteiger partial charge in [-0.15, -0.1) is 0 Å². The summed E-state index contributed by atoms with van der Waals surface area (Å²) in [5.41, 5.74) is 0.850. The van der Waals surface area contributed by atoms with Crippen molar-refractivity contribution in [3.05, 3.63) is 22.2 Å². The third-order valence-electron chi connectivity index (χ3n) is 4.05. The van der Waals surface area contributed by atoms with Crippen LogP contribution >= 0.6 is 15.9 Å². The molecule has 0 saturated carbocycles. The van der Waals surface area contributed by atoms with Crippen molar-refractivity contribution in [2.75, 3.05) is 19.8 Å². The maximum atomic E-state index is 10.7. The second-order valence-corrected chi connectivity index (χ2v) is 6.09. The van der Waals surface area contributed by atoms with Gasteiger partial charge in [-0.05, 0) is 30.5 Å². The van der Waals surface area contributed by atoms with Crippen molar-refractivity contribution >= 4 is 15.9 Å². The van der Waals surface area contributed by atoms with E-state index in [0.717, 1.165) is 35.2 Å². The molecule has 1 aromatic carbocycles. The molecule has 1 fully saturated rings. The van der Waals surface area contributed by atoms with Crippen molar-refractivity contribution in [2.45, 2.75) is 32.0 Å². The van der Waals surface area contributed by atoms with Crippen LogP contribution in [-0.4, -0.2) is 31.0 Å². The van der Waals surface area contributed by atoms with Gasteiger partial charge in [0.1, 0.15) is 13.2 Å². The molecule has 1 aromatic rings. The van der Waals surface area contributed by atoms with E-state index in [-0.39, 0.29) is 12.0 Å². The van der Waals surface area contributed by atoms with Crippen molar-refractivity contribution in [2.24, 2.45) is 5.92 Å². The smallest absolute Gasteiger partial charge is 0.162 e. The van der Waals surface area contributed by atoms with Crippen LogP contribution in [0.3, 0.4) is 0 Å². The van der Waals surface area contributed by atoms with Gasteiger partial charge in [-0.1, -0.05) is 22.9 Å². The maximum absolute atomic E-state index is 10.7. The molecule has 0 bridgehead atoms. The molecule has 0 radical (unpaired) electrons. The lowest BCUT2D eigenvalue weighted by atomic mass is 9.89. The first-order valence-corrected chi connectivity index (χ1v) is 7.88. The van der Waals surface area contributed by atoms with Gasteiger partial charge in [0.15, 0.2) is 11.5 Å². The minimum atomic E-state index is -0.548. The number of halogens is 1. The van der Waals surface area contributed by atoms with Gasteiger partial charge in [0, 0.05) is 17.0 Å². The number of benzene rings is 1. The zero-order valence-electron chi connectivity index (χ0n) is 11.5. The van der Waals surface area contributed by atoms with Crippen LogP contribution in [0.5, 0.6) is 11.5 Å². The van der Waals surface area contributed by atoms with E-state index < -0.39 is 6.10 Å². The summed E-state index contributed by atoms with van der Waals surface area (Å²) in [5.74, 6) is 1.58. The van der Waals surface area contributed by atoms with Crippen molar-refractivity contribution in [3.63, 3.8) is 0 Å². The van der Waals surface area contributed by atoms with Crippen LogP contribution in [0.15, 0.2) is 16.6 Å². The molecule has 0 aliphatic carbocycles. The number of aliphatic hydroxyl groups excluding tert-OH is 1.